The smallest absolute Gasteiger partial charge is 0.0882 e. The van der Waals surface area contributed by atoms with E-state index < -0.39 is 0 Å². The van der Waals surface area contributed by atoms with E-state index in [4.69, 9.17) is 0 Å². The summed E-state index contributed by atoms with van der Waals surface area (Å²) < 4.78 is 1.28. The quantitative estimate of drug-likeness (QED) is 0.555. The summed E-state index contributed by atoms with van der Waals surface area (Å²) in [6.07, 6.45) is 9.74. The van der Waals surface area contributed by atoms with Gasteiger partial charge in [0.1, 0.15) is 0 Å². The Labute approximate surface area is 126 Å². The van der Waals surface area contributed by atoms with Gasteiger partial charge in [-0.3, -0.25) is 0 Å². The minimum absolute atomic E-state index is 0.275. The molecule has 1 heterocycles. The molecule has 0 spiro atoms. The van der Waals surface area contributed by atoms with E-state index >= 15 is 0 Å². The molecule has 0 saturated carbocycles. The zero-order valence-electron chi connectivity index (χ0n) is 12.5. The molecule has 0 saturated heterocycles. The first-order valence-electron chi connectivity index (χ1n) is 7.98. The Balaban J connectivity index is 1.70. The van der Waals surface area contributed by atoms with Gasteiger partial charge in [0.15, 0.2) is 0 Å². The second kappa shape index (κ2) is 8.43. The van der Waals surface area contributed by atoms with Crippen LogP contribution in [0.15, 0.2) is 30.3 Å². The molecule has 1 unspecified atom stereocenters. The topological polar surface area (TPSA) is 20.2 Å². The first-order chi connectivity index (χ1) is 9.81. The number of rotatable bonds is 9. The van der Waals surface area contributed by atoms with Gasteiger partial charge in [0, 0.05) is 9.58 Å². The molecule has 0 fully saturated rings. The molecule has 1 atom stereocenters. The van der Waals surface area contributed by atoms with Crippen LogP contribution in [0, 0.1) is 0 Å². The lowest BCUT2D eigenvalue weighted by atomic mass is 10.1. The molecule has 0 aliphatic rings. The van der Waals surface area contributed by atoms with Crippen molar-refractivity contribution in [3.8, 4) is 0 Å². The van der Waals surface area contributed by atoms with Gasteiger partial charge in [0.25, 0.3) is 0 Å². The predicted octanol–water partition coefficient (Wildman–Crippen LogP) is 6.08. The zero-order valence-corrected chi connectivity index (χ0v) is 13.3. The van der Waals surface area contributed by atoms with Crippen LogP contribution < -0.4 is 0 Å². The van der Waals surface area contributed by atoms with Crippen molar-refractivity contribution < 1.29 is 5.11 Å². The molecule has 110 valence electrons. The highest BCUT2D eigenvalue weighted by atomic mass is 32.1. The first-order valence-corrected chi connectivity index (χ1v) is 8.79. The number of aliphatic hydroxyl groups is 1. The molecule has 1 nitrogen and oxygen atoms in total. The van der Waals surface area contributed by atoms with E-state index in [2.05, 4.69) is 37.3 Å². The maximum atomic E-state index is 10.3. The Kier molecular flexibility index (Phi) is 6.55. The first kappa shape index (κ1) is 15.5. The average molecular weight is 290 g/mol. The van der Waals surface area contributed by atoms with Gasteiger partial charge in [0.2, 0.25) is 0 Å². The van der Waals surface area contributed by atoms with Crippen LogP contribution in [-0.4, -0.2) is 5.11 Å². The fraction of sp³-hybridized carbons (Fsp3) is 0.556. The maximum absolute atomic E-state index is 10.3. The van der Waals surface area contributed by atoms with Crippen molar-refractivity contribution in [2.24, 2.45) is 0 Å². The van der Waals surface area contributed by atoms with Crippen molar-refractivity contribution in [3.05, 3.63) is 35.2 Å². The maximum Gasteiger partial charge on any atom is 0.0882 e. The van der Waals surface area contributed by atoms with Gasteiger partial charge in [-0.1, -0.05) is 70.1 Å². The normalized spacial score (nSPS) is 12.9. The summed E-state index contributed by atoms with van der Waals surface area (Å²) in [5, 5.41) is 11.5. The second-order valence-corrected chi connectivity index (χ2v) is 6.73. The molecule has 0 aliphatic carbocycles. The molecule has 0 aliphatic heterocycles. The molecule has 0 radical (unpaired) electrons. The Hall–Kier alpha value is -0.860. The highest BCUT2D eigenvalue weighted by Gasteiger charge is 2.10. The fourth-order valence-electron chi connectivity index (χ4n) is 2.60. The molecule has 0 bridgehead atoms. The average Bonchev–Trinajstić information content (AvgIpc) is 2.90. The van der Waals surface area contributed by atoms with Gasteiger partial charge < -0.3 is 5.11 Å². The molecular weight excluding hydrogens is 264 g/mol. The predicted molar refractivity (Wildman–Crippen MR) is 89.4 cm³/mol. The number of hydrogen-bond acceptors (Lipinski definition) is 2. The Morgan fingerprint density at radius 2 is 1.70 bits per heavy atom. The number of aliphatic hydroxyl groups excluding tert-OH is 1. The van der Waals surface area contributed by atoms with Gasteiger partial charge in [-0.25, -0.2) is 0 Å². The van der Waals surface area contributed by atoms with E-state index in [9.17, 15) is 5.11 Å². The number of unbranched alkanes of at least 4 members (excludes halogenated alkanes) is 6. The summed E-state index contributed by atoms with van der Waals surface area (Å²) >= 11 is 1.73. The summed E-state index contributed by atoms with van der Waals surface area (Å²) in [7, 11) is 0. The molecule has 0 amide bonds. The minimum atomic E-state index is -0.275. The van der Waals surface area contributed by atoms with Gasteiger partial charge in [-0.05, 0) is 23.9 Å². The third kappa shape index (κ3) is 4.60. The lowest BCUT2D eigenvalue weighted by Crippen LogP contribution is -1.94. The molecule has 2 aromatic rings. The van der Waals surface area contributed by atoms with Gasteiger partial charge in [-0.2, -0.15) is 0 Å². The van der Waals surface area contributed by atoms with Crippen molar-refractivity contribution in [2.75, 3.05) is 0 Å². The summed E-state index contributed by atoms with van der Waals surface area (Å²) in [5.41, 5.74) is 0. The van der Waals surface area contributed by atoms with Crippen molar-refractivity contribution in [2.45, 2.75) is 64.4 Å². The van der Waals surface area contributed by atoms with Crippen LogP contribution in [0.3, 0.4) is 0 Å². The van der Waals surface area contributed by atoms with Gasteiger partial charge in [0.05, 0.1) is 6.10 Å². The fourth-order valence-corrected chi connectivity index (χ4v) is 3.69. The van der Waals surface area contributed by atoms with Crippen LogP contribution in [0.5, 0.6) is 0 Å². The number of benzene rings is 1. The molecule has 20 heavy (non-hydrogen) atoms. The third-order valence-corrected chi connectivity index (χ3v) is 5.07. The number of hydrogen-bond donors (Lipinski definition) is 1. The van der Waals surface area contributed by atoms with E-state index in [-0.39, 0.29) is 6.10 Å². The van der Waals surface area contributed by atoms with E-state index in [1.165, 1.54) is 48.6 Å². The van der Waals surface area contributed by atoms with Crippen molar-refractivity contribution >= 4 is 21.4 Å². The molecular formula is C18H26OS. The van der Waals surface area contributed by atoms with Crippen LogP contribution in [0.2, 0.25) is 0 Å². The van der Waals surface area contributed by atoms with Crippen LogP contribution in [-0.2, 0) is 0 Å². The van der Waals surface area contributed by atoms with Crippen molar-refractivity contribution in [1.29, 1.82) is 0 Å². The standard InChI is InChI=1S/C18H26OS/c1-2-3-4-5-6-7-8-12-16(19)18-14-15-11-9-10-13-17(15)20-18/h9-11,13-14,16,19H,2-8,12H2,1H3. The monoisotopic (exact) mass is 290 g/mol. The summed E-state index contributed by atoms with van der Waals surface area (Å²) in [4.78, 5) is 1.12. The Morgan fingerprint density at radius 1 is 1.00 bits per heavy atom. The van der Waals surface area contributed by atoms with Gasteiger partial charge in [-0.15, -0.1) is 11.3 Å². The van der Waals surface area contributed by atoms with E-state index in [1.54, 1.807) is 11.3 Å². The third-order valence-electron chi connectivity index (χ3n) is 3.85. The van der Waals surface area contributed by atoms with Gasteiger partial charge >= 0.3 is 0 Å². The summed E-state index contributed by atoms with van der Waals surface area (Å²) in [6.45, 7) is 2.25. The zero-order chi connectivity index (χ0) is 14.2. The number of fused-ring (bicyclic) bond motifs is 1. The Bertz CT molecular complexity index is 470. The molecule has 2 rings (SSSR count). The van der Waals surface area contributed by atoms with Crippen LogP contribution >= 0.6 is 11.3 Å². The largest absolute Gasteiger partial charge is 0.388 e. The van der Waals surface area contributed by atoms with E-state index in [1.807, 2.05) is 0 Å². The highest BCUT2D eigenvalue weighted by molar-refractivity contribution is 7.19. The lowest BCUT2D eigenvalue weighted by Gasteiger charge is -2.07. The van der Waals surface area contributed by atoms with Crippen LogP contribution in [0.25, 0.3) is 10.1 Å². The van der Waals surface area contributed by atoms with Crippen molar-refractivity contribution in [1.82, 2.24) is 0 Å². The molecule has 1 aromatic carbocycles. The van der Waals surface area contributed by atoms with E-state index in [0.717, 1.165) is 17.7 Å². The molecule has 1 aromatic heterocycles. The molecule has 1 N–H and O–H groups in total. The minimum Gasteiger partial charge on any atom is -0.388 e. The lowest BCUT2D eigenvalue weighted by molar-refractivity contribution is 0.167. The summed E-state index contributed by atoms with van der Waals surface area (Å²) in [6, 6.07) is 10.5. The van der Waals surface area contributed by atoms with Crippen molar-refractivity contribution in [3.63, 3.8) is 0 Å². The van der Waals surface area contributed by atoms with Crippen LogP contribution in [0.1, 0.15) is 69.3 Å². The SMILES string of the molecule is CCCCCCCCCC(O)c1cc2ccccc2s1. The highest BCUT2D eigenvalue weighted by Crippen LogP contribution is 2.32. The summed E-state index contributed by atoms with van der Waals surface area (Å²) in [5.74, 6) is 0. The second-order valence-electron chi connectivity index (χ2n) is 5.61. The number of thiophene rings is 1. The van der Waals surface area contributed by atoms with Crippen LogP contribution in [0.4, 0.5) is 0 Å². The molecule has 2 heteroatoms. The van der Waals surface area contributed by atoms with E-state index in [0.29, 0.717) is 0 Å². The Morgan fingerprint density at radius 3 is 2.45 bits per heavy atom.